The fraction of sp³-hybridized carbons (Fsp3) is 0.929. The Kier molecular flexibility index (Phi) is 5.57. The van der Waals surface area contributed by atoms with Crippen LogP contribution in [0.2, 0.25) is 0 Å². The lowest BCUT2D eigenvalue weighted by molar-refractivity contribution is -0.0773. The summed E-state index contributed by atoms with van der Waals surface area (Å²) in [7, 11) is 2.24. The molecule has 0 bridgehead atoms. The molecule has 0 aromatic heterocycles. The molecule has 0 amide bonds. The molecule has 2 aliphatic heterocycles. The van der Waals surface area contributed by atoms with Gasteiger partial charge in [-0.2, -0.15) is 0 Å². The van der Waals surface area contributed by atoms with Crippen LogP contribution >= 0.6 is 0 Å². The molecule has 0 aromatic carbocycles. The van der Waals surface area contributed by atoms with E-state index in [-0.39, 0.29) is 11.5 Å². The molecule has 2 heterocycles. The minimum absolute atomic E-state index is 0.129. The second kappa shape index (κ2) is 8.07. The van der Waals surface area contributed by atoms with Gasteiger partial charge in [0.1, 0.15) is 0 Å². The van der Waals surface area contributed by atoms with E-state index in [1.54, 1.807) is 0 Å². The molecule has 8 atom stereocenters. The van der Waals surface area contributed by atoms with Crippen LogP contribution in [0.25, 0.3) is 0 Å². The highest BCUT2D eigenvalue weighted by Crippen LogP contribution is 2.65. The van der Waals surface area contributed by atoms with Crippen molar-refractivity contribution in [2.75, 3.05) is 46.3 Å². The molecule has 8 unspecified atom stereocenters. The van der Waals surface area contributed by atoms with Gasteiger partial charge in [-0.05, 0) is 107 Å². The molecular formula is C28H47N3O. The molecular weight excluding hydrogens is 394 g/mol. The van der Waals surface area contributed by atoms with Crippen LogP contribution in [-0.4, -0.2) is 84.3 Å². The van der Waals surface area contributed by atoms with E-state index in [0.29, 0.717) is 17.4 Å². The smallest absolute Gasteiger partial charge is 0.0751 e. The summed E-state index contributed by atoms with van der Waals surface area (Å²) in [4.78, 5) is 7.89. The number of rotatable bonds is 2. The summed E-state index contributed by atoms with van der Waals surface area (Å²) in [5.74, 6) is 2.34. The van der Waals surface area contributed by atoms with E-state index in [1.807, 2.05) is 5.57 Å². The Morgan fingerprint density at radius 3 is 2.41 bits per heavy atom. The number of nitrogens with zero attached hydrogens (tertiary/aromatic N) is 3. The van der Waals surface area contributed by atoms with Crippen LogP contribution < -0.4 is 0 Å². The third kappa shape index (κ3) is 3.30. The van der Waals surface area contributed by atoms with Crippen LogP contribution in [0.15, 0.2) is 11.6 Å². The Balaban J connectivity index is 1.22. The molecule has 0 aromatic rings. The molecule has 6 rings (SSSR count). The van der Waals surface area contributed by atoms with Gasteiger partial charge in [0.15, 0.2) is 0 Å². The van der Waals surface area contributed by atoms with E-state index in [1.165, 1.54) is 70.9 Å². The van der Waals surface area contributed by atoms with Crippen molar-refractivity contribution in [1.29, 1.82) is 0 Å². The first kappa shape index (κ1) is 22.1. The van der Waals surface area contributed by atoms with Crippen molar-refractivity contribution in [1.82, 2.24) is 14.7 Å². The third-order valence-electron chi connectivity index (χ3n) is 11.7. The van der Waals surface area contributed by atoms with Crippen molar-refractivity contribution < 1.29 is 5.11 Å². The number of aliphatic hydroxyl groups is 1. The van der Waals surface area contributed by atoms with Gasteiger partial charge in [0.05, 0.1) is 6.10 Å². The molecule has 0 spiro atoms. The van der Waals surface area contributed by atoms with Gasteiger partial charge in [-0.1, -0.05) is 25.5 Å². The number of likely N-dealkylation sites (N-methyl/N-ethyl adjacent to an activating group) is 1. The summed E-state index contributed by atoms with van der Waals surface area (Å²) in [6, 6.07) is 1.21. The highest BCUT2D eigenvalue weighted by Gasteiger charge is 2.61. The summed E-state index contributed by atoms with van der Waals surface area (Å²) >= 11 is 0. The number of hydrogen-bond acceptors (Lipinski definition) is 4. The van der Waals surface area contributed by atoms with Gasteiger partial charge < -0.3 is 14.9 Å². The fourth-order valence-corrected chi connectivity index (χ4v) is 9.55. The zero-order valence-corrected chi connectivity index (χ0v) is 20.9. The largest absolute Gasteiger partial charge is 0.391 e. The van der Waals surface area contributed by atoms with Gasteiger partial charge in [0.25, 0.3) is 0 Å². The molecule has 180 valence electrons. The van der Waals surface area contributed by atoms with Crippen LogP contribution in [0, 0.1) is 28.6 Å². The van der Waals surface area contributed by atoms with Gasteiger partial charge in [0, 0.05) is 38.3 Å². The lowest BCUT2D eigenvalue weighted by atomic mass is 9.48. The minimum atomic E-state index is -0.138. The van der Waals surface area contributed by atoms with Gasteiger partial charge in [0.2, 0.25) is 0 Å². The van der Waals surface area contributed by atoms with Crippen LogP contribution in [0.1, 0.15) is 71.6 Å². The summed E-state index contributed by atoms with van der Waals surface area (Å²) in [5.41, 5.74) is 2.38. The Bertz CT molecular complexity index is 739. The third-order valence-corrected chi connectivity index (χ3v) is 11.7. The number of fused-ring (bicyclic) bond motifs is 5. The second-order valence-corrected chi connectivity index (χ2v) is 13.0. The van der Waals surface area contributed by atoms with Crippen molar-refractivity contribution in [3.63, 3.8) is 0 Å². The summed E-state index contributed by atoms with van der Waals surface area (Å²) in [5, 5.41) is 11.6. The Labute approximate surface area is 196 Å². The van der Waals surface area contributed by atoms with Crippen LogP contribution in [-0.2, 0) is 0 Å². The molecule has 6 aliphatic rings. The molecule has 2 saturated heterocycles. The van der Waals surface area contributed by atoms with Crippen LogP contribution in [0.3, 0.4) is 0 Å². The topological polar surface area (TPSA) is 30.0 Å². The maximum Gasteiger partial charge on any atom is 0.0751 e. The Morgan fingerprint density at radius 2 is 1.66 bits per heavy atom. The average Bonchev–Trinajstić information content (AvgIpc) is 3.41. The van der Waals surface area contributed by atoms with E-state index >= 15 is 0 Å². The molecule has 32 heavy (non-hydrogen) atoms. The number of piperazine rings is 1. The quantitative estimate of drug-likeness (QED) is 0.656. The van der Waals surface area contributed by atoms with Gasteiger partial charge in [-0.3, -0.25) is 4.90 Å². The average molecular weight is 442 g/mol. The zero-order chi connectivity index (χ0) is 22.1. The molecule has 5 fully saturated rings. The number of allylic oxidation sites excluding steroid dienone is 1. The molecule has 1 N–H and O–H groups in total. The molecule has 4 nitrogen and oxygen atoms in total. The second-order valence-electron chi connectivity index (χ2n) is 13.0. The normalized spacial score (nSPS) is 50.6. The monoisotopic (exact) mass is 441 g/mol. The fourth-order valence-electron chi connectivity index (χ4n) is 9.55. The van der Waals surface area contributed by atoms with Crippen molar-refractivity contribution in [2.45, 2.75) is 89.8 Å². The van der Waals surface area contributed by atoms with E-state index in [0.717, 1.165) is 44.1 Å². The first-order chi connectivity index (χ1) is 15.4. The van der Waals surface area contributed by atoms with Crippen molar-refractivity contribution in [3.05, 3.63) is 11.6 Å². The predicted molar refractivity (Wildman–Crippen MR) is 131 cm³/mol. The van der Waals surface area contributed by atoms with Crippen LogP contribution in [0.4, 0.5) is 0 Å². The van der Waals surface area contributed by atoms with E-state index < -0.39 is 0 Å². The maximum atomic E-state index is 11.6. The predicted octanol–water partition coefficient (Wildman–Crippen LogP) is 4.00. The van der Waals surface area contributed by atoms with Gasteiger partial charge in [-0.25, -0.2) is 0 Å². The minimum Gasteiger partial charge on any atom is -0.391 e. The van der Waals surface area contributed by atoms with E-state index in [4.69, 9.17) is 0 Å². The standard InChI is InChI=1S/C28H47N3O/c1-27-10-8-21(30-12-4-5-13-30)18-20(27)6-7-22-23(27)9-11-28(2)24(22)19-25(26(28)32)31-16-14-29(3)15-17-31/h6,21-26,32H,4-5,7-19H2,1-3H3. The van der Waals surface area contributed by atoms with Crippen molar-refractivity contribution in [2.24, 2.45) is 28.6 Å². The van der Waals surface area contributed by atoms with Gasteiger partial charge in [-0.15, -0.1) is 0 Å². The first-order valence-electron chi connectivity index (χ1n) is 13.9. The summed E-state index contributed by atoms with van der Waals surface area (Å²) in [6.45, 7) is 12.4. The Morgan fingerprint density at radius 1 is 0.906 bits per heavy atom. The number of aliphatic hydroxyl groups excluding tert-OH is 1. The number of hydrogen-bond donors (Lipinski definition) is 1. The highest BCUT2D eigenvalue weighted by molar-refractivity contribution is 5.26. The SMILES string of the molecule is CN1CCN(C2CC3C4CC=C5CC(N6CCCC6)CCC5(C)C4CCC3(C)C2O)CC1. The highest BCUT2D eigenvalue weighted by atomic mass is 16.3. The van der Waals surface area contributed by atoms with Gasteiger partial charge >= 0.3 is 0 Å². The van der Waals surface area contributed by atoms with Crippen molar-refractivity contribution in [3.8, 4) is 0 Å². The molecule has 4 aliphatic carbocycles. The Hall–Kier alpha value is -0.420. The lowest BCUT2D eigenvalue weighted by Crippen LogP contribution is -2.54. The summed E-state index contributed by atoms with van der Waals surface area (Å²) < 4.78 is 0. The molecule has 0 radical (unpaired) electrons. The molecule has 4 heteroatoms. The lowest BCUT2D eigenvalue weighted by Gasteiger charge is -2.58. The molecule has 3 saturated carbocycles. The first-order valence-corrected chi connectivity index (χ1v) is 13.9. The van der Waals surface area contributed by atoms with E-state index in [2.05, 4.69) is 41.7 Å². The van der Waals surface area contributed by atoms with Crippen LogP contribution in [0.5, 0.6) is 0 Å². The zero-order valence-electron chi connectivity index (χ0n) is 20.9. The summed E-state index contributed by atoms with van der Waals surface area (Å²) in [6.07, 6.45) is 14.6. The van der Waals surface area contributed by atoms with E-state index in [9.17, 15) is 5.11 Å². The van der Waals surface area contributed by atoms with Crippen molar-refractivity contribution >= 4 is 0 Å². The number of likely N-dealkylation sites (tertiary alicyclic amines) is 1. The maximum absolute atomic E-state index is 11.6.